The lowest BCUT2D eigenvalue weighted by molar-refractivity contribution is 0.00830. The van der Waals surface area contributed by atoms with E-state index in [4.69, 9.17) is 9.26 Å². The molecule has 3 aromatic heterocycles. The van der Waals surface area contributed by atoms with Crippen LogP contribution >= 0.6 is 0 Å². The van der Waals surface area contributed by atoms with Gasteiger partial charge in [0.05, 0.1) is 37.2 Å². The number of hydrogen-bond donors (Lipinski definition) is 0. The minimum absolute atomic E-state index is 0.140. The molecule has 0 saturated heterocycles. The Balaban J connectivity index is 1.52. The lowest BCUT2D eigenvalue weighted by Crippen LogP contribution is -2.37. The normalized spacial score (nSPS) is 17.0. The Morgan fingerprint density at radius 3 is 3.00 bits per heavy atom. The maximum Gasteiger partial charge on any atom is 0.292 e. The minimum atomic E-state index is -0.174. The molecule has 26 heavy (non-hydrogen) atoms. The van der Waals surface area contributed by atoms with Crippen molar-refractivity contribution in [3.8, 4) is 0 Å². The molecule has 3 aromatic rings. The van der Waals surface area contributed by atoms with Crippen molar-refractivity contribution < 1.29 is 14.1 Å². The number of ether oxygens (including phenoxy) is 1. The molecule has 4 rings (SSSR count). The van der Waals surface area contributed by atoms with E-state index in [1.807, 2.05) is 36.5 Å². The van der Waals surface area contributed by atoms with Gasteiger partial charge in [-0.2, -0.15) is 0 Å². The van der Waals surface area contributed by atoms with Gasteiger partial charge in [-0.25, -0.2) is 0 Å². The summed E-state index contributed by atoms with van der Waals surface area (Å²) in [5.74, 6) is 0.0812. The lowest BCUT2D eigenvalue weighted by Gasteiger charge is -2.23. The van der Waals surface area contributed by atoms with Crippen LogP contribution in [0.1, 0.15) is 27.6 Å². The van der Waals surface area contributed by atoms with Gasteiger partial charge in [0, 0.05) is 30.7 Å². The Kier molecular flexibility index (Phi) is 4.53. The van der Waals surface area contributed by atoms with E-state index in [2.05, 4.69) is 14.7 Å². The molecule has 0 N–H and O–H groups in total. The first-order valence-electron chi connectivity index (χ1n) is 8.57. The Hall–Kier alpha value is -2.93. The number of aryl methyl sites for hydroxylation is 1. The summed E-state index contributed by atoms with van der Waals surface area (Å²) in [6.07, 6.45) is 3.62. The summed E-state index contributed by atoms with van der Waals surface area (Å²) in [5, 5.41) is 3.82. The minimum Gasteiger partial charge on any atom is -0.368 e. The van der Waals surface area contributed by atoms with Crippen LogP contribution in [0.25, 0.3) is 0 Å². The summed E-state index contributed by atoms with van der Waals surface area (Å²) in [4.78, 5) is 18.9. The molecule has 0 radical (unpaired) electrons. The molecule has 1 amide bonds. The van der Waals surface area contributed by atoms with Crippen LogP contribution in [0, 0.1) is 6.92 Å². The van der Waals surface area contributed by atoms with Crippen molar-refractivity contribution in [3.63, 3.8) is 0 Å². The van der Waals surface area contributed by atoms with Gasteiger partial charge in [-0.1, -0.05) is 11.2 Å². The second-order valence-electron chi connectivity index (χ2n) is 6.42. The van der Waals surface area contributed by atoms with E-state index in [-0.39, 0.29) is 17.8 Å². The number of nitrogens with zero attached hydrogens (tertiary/aromatic N) is 4. The van der Waals surface area contributed by atoms with E-state index in [0.717, 1.165) is 11.4 Å². The van der Waals surface area contributed by atoms with Gasteiger partial charge in [0.1, 0.15) is 0 Å². The highest BCUT2D eigenvalue weighted by atomic mass is 16.5. The molecular weight excluding hydrogens is 332 g/mol. The Bertz CT molecular complexity index is 887. The van der Waals surface area contributed by atoms with Crippen LogP contribution in [0.2, 0.25) is 0 Å². The van der Waals surface area contributed by atoms with Crippen LogP contribution in [0.5, 0.6) is 0 Å². The fraction of sp³-hybridized carbons (Fsp3) is 0.316. The van der Waals surface area contributed by atoms with Crippen LogP contribution in [-0.4, -0.2) is 38.2 Å². The average Bonchev–Trinajstić information content (AvgIpc) is 3.24. The van der Waals surface area contributed by atoms with Crippen LogP contribution in [0.4, 0.5) is 0 Å². The largest absolute Gasteiger partial charge is 0.368 e. The molecule has 7 heteroatoms. The zero-order valence-electron chi connectivity index (χ0n) is 14.5. The van der Waals surface area contributed by atoms with Gasteiger partial charge >= 0.3 is 0 Å². The highest BCUT2D eigenvalue weighted by Crippen LogP contribution is 2.19. The second kappa shape index (κ2) is 7.13. The molecule has 134 valence electrons. The third-order valence-electron chi connectivity index (χ3n) is 4.42. The molecule has 0 bridgehead atoms. The highest BCUT2D eigenvalue weighted by Gasteiger charge is 2.28. The van der Waals surface area contributed by atoms with E-state index in [0.29, 0.717) is 31.9 Å². The van der Waals surface area contributed by atoms with Crippen molar-refractivity contribution >= 4 is 5.91 Å². The maximum absolute atomic E-state index is 12.8. The van der Waals surface area contributed by atoms with Gasteiger partial charge < -0.3 is 18.7 Å². The van der Waals surface area contributed by atoms with Gasteiger partial charge in [-0.15, -0.1) is 0 Å². The Labute approximate surface area is 151 Å². The summed E-state index contributed by atoms with van der Waals surface area (Å²) < 4.78 is 13.4. The highest BCUT2D eigenvalue weighted by molar-refractivity contribution is 5.91. The van der Waals surface area contributed by atoms with Gasteiger partial charge in [0.25, 0.3) is 5.91 Å². The monoisotopic (exact) mass is 352 g/mol. The van der Waals surface area contributed by atoms with Crippen molar-refractivity contribution in [2.45, 2.75) is 32.7 Å². The molecule has 0 fully saturated rings. The molecule has 1 aliphatic heterocycles. The first kappa shape index (κ1) is 16.5. The second-order valence-corrected chi connectivity index (χ2v) is 6.42. The Morgan fingerprint density at radius 2 is 2.23 bits per heavy atom. The SMILES string of the molecule is Cc1cc(C(=O)N2Cc3cccn3C[C@H](OCc3ccccn3)C2)on1. The zero-order chi connectivity index (χ0) is 17.9. The molecule has 0 unspecified atom stereocenters. The molecule has 1 aliphatic rings. The van der Waals surface area contributed by atoms with Gasteiger partial charge in [-0.3, -0.25) is 9.78 Å². The summed E-state index contributed by atoms with van der Waals surface area (Å²) in [6, 6.07) is 11.4. The van der Waals surface area contributed by atoms with E-state index in [1.54, 1.807) is 24.1 Å². The number of hydrogen-bond acceptors (Lipinski definition) is 5. The van der Waals surface area contributed by atoms with E-state index >= 15 is 0 Å². The number of carbonyl (C=O) groups excluding carboxylic acids is 1. The smallest absolute Gasteiger partial charge is 0.292 e. The topological polar surface area (TPSA) is 73.4 Å². The molecular formula is C19H20N4O3. The van der Waals surface area contributed by atoms with Crippen molar-refractivity contribution in [3.05, 3.63) is 71.6 Å². The number of amides is 1. The van der Waals surface area contributed by atoms with Crippen molar-refractivity contribution in [1.82, 2.24) is 19.6 Å². The van der Waals surface area contributed by atoms with Crippen LogP contribution in [0.3, 0.4) is 0 Å². The predicted octanol–water partition coefficient (Wildman–Crippen LogP) is 2.42. The average molecular weight is 352 g/mol. The van der Waals surface area contributed by atoms with Crippen molar-refractivity contribution in [2.75, 3.05) is 6.54 Å². The third-order valence-corrected chi connectivity index (χ3v) is 4.42. The fourth-order valence-electron chi connectivity index (χ4n) is 3.12. The van der Waals surface area contributed by atoms with E-state index < -0.39 is 0 Å². The summed E-state index contributed by atoms with van der Waals surface area (Å²) in [5.41, 5.74) is 2.63. The molecule has 1 atom stereocenters. The lowest BCUT2D eigenvalue weighted by atomic mass is 10.2. The summed E-state index contributed by atoms with van der Waals surface area (Å²) in [6.45, 7) is 3.88. The summed E-state index contributed by atoms with van der Waals surface area (Å²) in [7, 11) is 0. The number of pyridine rings is 1. The fourth-order valence-corrected chi connectivity index (χ4v) is 3.12. The number of fused-ring (bicyclic) bond motifs is 1. The first-order valence-corrected chi connectivity index (χ1v) is 8.57. The first-order chi connectivity index (χ1) is 12.7. The molecule has 0 saturated carbocycles. The zero-order valence-corrected chi connectivity index (χ0v) is 14.5. The van der Waals surface area contributed by atoms with Gasteiger partial charge in [0.15, 0.2) is 0 Å². The Morgan fingerprint density at radius 1 is 1.31 bits per heavy atom. The van der Waals surface area contributed by atoms with Crippen LogP contribution in [-0.2, 0) is 24.4 Å². The van der Waals surface area contributed by atoms with Crippen molar-refractivity contribution in [1.29, 1.82) is 0 Å². The standard InChI is InChI=1S/C19H20N4O3/c1-14-9-18(26-21-14)19(24)23-10-16-6-4-8-22(16)11-17(12-23)25-13-15-5-2-3-7-20-15/h2-9,17H,10-13H2,1H3/t17-/m0/s1. The molecule has 7 nitrogen and oxygen atoms in total. The quantitative estimate of drug-likeness (QED) is 0.721. The van der Waals surface area contributed by atoms with Crippen LogP contribution < -0.4 is 0 Å². The van der Waals surface area contributed by atoms with Crippen LogP contribution in [0.15, 0.2) is 53.3 Å². The number of rotatable bonds is 4. The molecule has 0 aromatic carbocycles. The maximum atomic E-state index is 12.8. The molecule has 0 aliphatic carbocycles. The van der Waals surface area contributed by atoms with E-state index in [9.17, 15) is 4.79 Å². The van der Waals surface area contributed by atoms with Gasteiger partial charge in [-0.05, 0) is 31.2 Å². The van der Waals surface area contributed by atoms with E-state index in [1.165, 1.54) is 0 Å². The number of aromatic nitrogens is 3. The number of carbonyl (C=O) groups is 1. The molecule has 4 heterocycles. The van der Waals surface area contributed by atoms with Gasteiger partial charge in [0.2, 0.25) is 5.76 Å². The van der Waals surface area contributed by atoms with Crippen molar-refractivity contribution in [2.24, 2.45) is 0 Å². The third kappa shape index (κ3) is 3.52. The predicted molar refractivity (Wildman–Crippen MR) is 93.2 cm³/mol. The summed E-state index contributed by atoms with van der Waals surface area (Å²) >= 11 is 0. The molecule has 0 spiro atoms.